The van der Waals surface area contributed by atoms with E-state index < -0.39 is 12.1 Å². The second-order valence-electron chi connectivity index (χ2n) is 4.14. The molecule has 0 bridgehead atoms. The van der Waals surface area contributed by atoms with Crippen LogP contribution in [-0.4, -0.2) is 24.6 Å². The molecule has 1 aliphatic heterocycles. The van der Waals surface area contributed by atoms with Crippen LogP contribution in [0.5, 0.6) is 11.5 Å². The number of ether oxygens (including phenoxy) is 3. The molecule has 0 saturated heterocycles. The molecule has 2 rings (SSSR count). The molecular weight excluding hydrogens is 248 g/mol. The lowest BCUT2D eigenvalue weighted by atomic mass is 10.2. The Labute approximate surface area is 110 Å². The van der Waals surface area contributed by atoms with Gasteiger partial charge in [-0.2, -0.15) is 0 Å². The zero-order valence-electron chi connectivity index (χ0n) is 10.7. The van der Waals surface area contributed by atoms with Crippen molar-refractivity contribution in [1.82, 2.24) is 0 Å². The first-order chi connectivity index (χ1) is 9.06. The molecule has 0 spiro atoms. The van der Waals surface area contributed by atoms with Gasteiger partial charge in [-0.25, -0.2) is 4.79 Å². The molecule has 5 nitrogen and oxygen atoms in total. The number of carbonyl (C=O) groups is 2. The van der Waals surface area contributed by atoms with E-state index in [4.69, 9.17) is 14.2 Å². The Hall–Kier alpha value is -2.30. The number of ketones is 1. The molecule has 100 valence electrons. The predicted molar refractivity (Wildman–Crippen MR) is 67.8 cm³/mol. The average molecular weight is 262 g/mol. The molecule has 5 heteroatoms. The number of carbonyl (C=O) groups excluding carboxylic acids is 2. The summed E-state index contributed by atoms with van der Waals surface area (Å²) in [4.78, 5) is 22.4. The highest BCUT2D eigenvalue weighted by Crippen LogP contribution is 2.32. The fraction of sp³-hybridized carbons (Fsp3) is 0.286. The highest BCUT2D eigenvalue weighted by atomic mass is 16.7. The van der Waals surface area contributed by atoms with Gasteiger partial charge in [-0.3, -0.25) is 4.79 Å². The molecule has 0 aromatic heterocycles. The minimum Gasteiger partial charge on any atom is -0.454 e. The summed E-state index contributed by atoms with van der Waals surface area (Å²) in [6.07, 6.45) is 2.14. The zero-order valence-corrected chi connectivity index (χ0v) is 10.7. The third kappa shape index (κ3) is 3.34. The van der Waals surface area contributed by atoms with Gasteiger partial charge < -0.3 is 14.2 Å². The molecule has 1 aromatic carbocycles. The summed E-state index contributed by atoms with van der Waals surface area (Å²) in [5.74, 6) is 0.586. The summed E-state index contributed by atoms with van der Waals surface area (Å²) in [7, 11) is 0. The first kappa shape index (κ1) is 13.1. The second-order valence-corrected chi connectivity index (χ2v) is 4.14. The first-order valence-corrected chi connectivity index (χ1v) is 5.85. The van der Waals surface area contributed by atoms with Crippen molar-refractivity contribution in [2.24, 2.45) is 0 Å². The predicted octanol–water partition coefficient (Wildman–Crippen LogP) is 1.95. The zero-order chi connectivity index (χ0) is 13.8. The van der Waals surface area contributed by atoms with Crippen molar-refractivity contribution in [1.29, 1.82) is 0 Å². The summed E-state index contributed by atoms with van der Waals surface area (Å²) in [5, 5.41) is 0. The van der Waals surface area contributed by atoms with E-state index in [-0.39, 0.29) is 12.6 Å². The van der Waals surface area contributed by atoms with Crippen LogP contribution < -0.4 is 9.47 Å². The largest absolute Gasteiger partial charge is 0.454 e. The smallest absolute Gasteiger partial charge is 0.331 e. The molecular formula is C14H14O5. The molecule has 0 fully saturated rings. The van der Waals surface area contributed by atoms with Crippen molar-refractivity contribution in [3.63, 3.8) is 0 Å². The Morgan fingerprint density at radius 2 is 2.05 bits per heavy atom. The first-order valence-electron chi connectivity index (χ1n) is 5.85. The molecule has 0 saturated carbocycles. The Bertz CT molecular complexity index is 533. The van der Waals surface area contributed by atoms with E-state index >= 15 is 0 Å². The molecule has 0 N–H and O–H groups in total. The van der Waals surface area contributed by atoms with E-state index in [0.717, 1.165) is 5.56 Å². The summed E-state index contributed by atoms with van der Waals surface area (Å²) in [6, 6.07) is 5.33. The van der Waals surface area contributed by atoms with Crippen molar-refractivity contribution < 1.29 is 23.8 Å². The third-order valence-electron chi connectivity index (χ3n) is 2.67. The lowest BCUT2D eigenvalue weighted by molar-refractivity contribution is -0.148. The van der Waals surface area contributed by atoms with Gasteiger partial charge in [0.25, 0.3) is 0 Å². The molecule has 19 heavy (non-hydrogen) atoms. The van der Waals surface area contributed by atoms with Gasteiger partial charge in [-0.1, -0.05) is 6.07 Å². The van der Waals surface area contributed by atoms with Gasteiger partial charge in [0.05, 0.1) is 0 Å². The van der Waals surface area contributed by atoms with E-state index in [1.165, 1.54) is 19.9 Å². The number of rotatable bonds is 4. The van der Waals surface area contributed by atoms with E-state index in [1.54, 1.807) is 24.3 Å². The fourth-order valence-electron chi connectivity index (χ4n) is 1.48. The lowest BCUT2D eigenvalue weighted by Gasteiger charge is -2.06. The highest BCUT2D eigenvalue weighted by Gasteiger charge is 2.13. The maximum Gasteiger partial charge on any atom is 0.331 e. The van der Waals surface area contributed by atoms with Crippen LogP contribution in [0.3, 0.4) is 0 Å². The van der Waals surface area contributed by atoms with E-state index in [9.17, 15) is 9.59 Å². The summed E-state index contributed by atoms with van der Waals surface area (Å²) in [6.45, 7) is 3.12. The van der Waals surface area contributed by atoms with E-state index in [1.807, 2.05) is 0 Å². The normalized spacial score (nSPS) is 14.4. The maximum atomic E-state index is 11.4. The topological polar surface area (TPSA) is 61.8 Å². The molecule has 0 unspecified atom stereocenters. The van der Waals surface area contributed by atoms with Crippen molar-refractivity contribution in [3.05, 3.63) is 29.8 Å². The van der Waals surface area contributed by atoms with Gasteiger partial charge in [-0.15, -0.1) is 0 Å². The Balaban J connectivity index is 1.98. The quantitative estimate of drug-likeness (QED) is 0.613. The van der Waals surface area contributed by atoms with Crippen LogP contribution >= 0.6 is 0 Å². The molecule has 1 atom stereocenters. The molecule has 1 aromatic rings. The molecule has 1 heterocycles. The number of hydrogen-bond acceptors (Lipinski definition) is 5. The molecule has 0 amide bonds. The minimum atomic E-state index is -0.728. The van der Waals surface area contributed by atoms with Crippen molar-refractivity contribution in [3.8, 4) is 11.5 Å². The number of esters is 1. The van der Waals surface area contributed by atoms with E-state index in [0.29, 0.717) is 11.5 Å². The van der Waals surface area contributed by atoms with Crippen molar-refractivity contribution in [2.75, 3.05) is 6.79 Å². The number of fused-ring (bicyclic) bond motifs is 1. The Morgan fingerprint density at radius 3 is 2.79 bits per heavy atom. The van der Waals surface area contributed by atoms with Gasteiger partial charge in [0, 0.05) is 6.08 Å². The maximum absolute atomic E-state index is 11.4. The lowest BCUT2D eigenvalue weighted by Crippen LogP contribution is -2.20. The molecule has 0 radical (unpaired) electrons. The standard InChI is InChI=1S/C14H14O5/c1-9(15)10(2)19-14(16)6-4-11-3-5-12-13(7-11)18-8-17-12/h3-7,10H,8H2,1-2H3/b6-4+/t10-/m1/s1. The van der Waals surface area contributed by atoms with Gasteiger partial charge in [0.1, 0.15) is 0 Å². The summed E-state index contributed by atoms with van der Waals surface area (Å²) in [5.41, 5.74) is 0.789. The number of benzene rings is 1. The van der Waals surface area contributed by atoms with Crippen LogP contribution in [0, 0.1) is 0 Å². The summed E-state index contributed by atoms with van der Waals surface area (Å²) < 4.78 is 15.3. The molecule has 0 aliphatic carbocycles. The average Bonchev–Trinajstić information content (AvgIpc) is 2.83. The SMILES string of the molecule is CC(=O)[C@@H](C)OC(=O)/C=C/c1ccc2c(c1)OCO2. The fourth-order valence-corrected chi connectivity index (χ4v) is 1.48. The van der Waals surface area contributed by atoms with Crippen LogP contribution in [0.15, 0.2) is 24.3 Å². The van der Waals surface area contributed by atoms with Crippen molar-refractivity contribution >= 4 is 17.8 Å². The minimum absolute atomic E-state index is 0.190. The summed E-state index contributed by atoms with van der Waals surface area (Å²) >= 11 is 0. The van der Waals surface area contributed by atoms with Crippen LogP contribution in [0.1, 0.15) is 19.4 Å². The van der Waals surface area contributed by atoms with Gasteiger partial charge >= 0.3 is 5.97 Å². The monoisotopic (exact) mass is 262 g/mol. The van der Waals surface area contributed by atoms with Gasteiger partial charge in [0.2, 0.25) is 6.79 Å². The highest BCUT2D eigenvalue weighted by molar-refractivity contribution is 5.90. The van der Waals surface area contributed by atoms with Crippen LogP contribution in [0.4, 0.5) is 0 Å². The van der Waals surface area contributed by atoms with Crippen LogP contribution in [0.25, 0.3) is 6.08 Å². The Morgan fingerprint density at radius 1 is 1.32 bits per heavy atom. The van der Waals surface area contributed by atoms with E-state index in [2.05, 4.69) is 0 Å². The third-order valence-corrected chi connectivity index (χ3v) is 2.67. The number of hydrogen-bond donors (Lipinski definition) is 0. The molecule has 1 aliphatic rings. The van der Waals surface area contributed by atoms with Crippen LogP contribution in [-0.2, 0) is 14.3 Å². The van der Waals surface area contributed by atoms with Gasteiger partial charge in [0.15, 0.2) is 23.4 Å². The van der Waals surface area contributed by atoms with Crippen LogP contribution in [0.2, 0.25) is 0 Å². The van der Waals surface area contributed by atoms with Gasteiger partial charge in [-0.05, 0) is 37.6 Å². The number of Topliss-reactive ketones (excluding diaryl/α,β-unsaturated/α-hetero) is 1. The Kier molecular flexibility index (Phi) is 3.85. The second kappa shape index (κ2) is 5.56. The van der Waals surface area contributed by atoms with Crippen molar-refractivity contribution in [2.45, 2.75) is 20.0 Å².